The smallest absolute Gasteiger partial charge is 0.321 e. The first-order chi connectivity index (χ1) is 11.9. The summed E-state index contributed by atoms with van der Waals surface area (Å²) in [6, 6.07) is 4.93. The maximum Gasteiger partial charge on any atom is 0.321 e. The largest absolute Gasteiger partial charge is 0.353 e. The van der Waals surface area contributed by atoms with E-state index in [9.17, 15) is 9.59 Å². The minimum absolute atomic E-state index is 0.0280. The second-order valence-corrected chi connectivity index (χ2v) is 7.04. The van der Waals surface area contributed by atoms with E-state index < -0.39 is 0 Å². The number of benzene rings is 1. The molecule has 1 aliphatic rings. The van der Waals surface area contributed by atoms with Gasteiger partial charge in [0.15, 0.2) is 0 Å². The highest BCUT2D eigenvalue weighted by atomic mass is 35.5. The van der Waals surface area contributed by atoms with Crippen LogP contribution in [0.4, 0.5) is 10.5 Å². The van der Waals surface area contributed by atoms with Gasteiger partial charge in [0.25, 0.3) is 0 Å². The normalized spacial score (nSPS) is 16.4. The number of nitrogens with one attached hydrogen (secondary N) is 2. The average molecular weight is 387 g/mol. The van der Waals surface area contributed by atoms with E-state index in [2.05, 4.69) is 15.5 Å². The minimum atomic E-state index is -0.201. The van der Waals surface area contributed by atoms with E-state index in [0.717, 1.165) is 6.42 Å². The molecular weight excluding hydrogens is 363 g/mol. The topological polar surface area (TPSA) is 64.7 Å². The Morgan fingerprint density at radius 1 is 1.20 bits per heavy atom. The summed E-state index contributed by atoms with van der Waals surface area (Å²) >= 11 is 11.9. The average Bonchev–Trinajstić information content (AvgIpc) is 2.57. The predicted octanol–water partition coefficient (Wildman–Crippen LogP) is 3.06. The molecule has 138 valence electrons. The van der Waals surface area contributed by atoms with Crippen LogP contribution < -0.4 is 10.6 Å². The molecule has 2 N–H and O–H groups in total. The minimum Gasteiger partial charge on any atom is -0.353 e. The fraction of sp³-hybridized carbons (Fsp3) is 0.529. The van der Waals surface area contributed by atoms with Crippen LogP contribution in [0.2, 0.25) is 10.0 Å². The van der Waals surface area contributed by atoms with Crippen LogP contribution in [0, 0.1) is 0 Å². The van der Waals surface area contributed by atoms with Gasteiger partial charge >= 0.3 is 6.03 Å². The van der Waals surface area contributed by atoms with Gasteiger partial charge in [-0.3, -0.25) is 9.69 Å². The standard InChI is InChI=1S/C17H24Cl2N4O2/c1-3-12(2)20-16(24)11-22-6-8-23(9-7-22)17(25)21-15-5-4-13(18)10-14(15)19/h4-5,10,12H,3,6-9,11H2,1-2H3,(H,20,24)(H,21,25). The number of rotatable bonds is 5. The molecule has 1 atom stereocenters. The first kappa shape index (κ1) is 19.8. The van der Waals surface area contributed by atoms with Gasteiger partial charge in [-0.2, -0.15) is 0 Å². The summed E-state index contributed by atoms with van der Waals surface area (Å²) in [6.45, 7) is 6.84. The number of anilines is 1. The maximum atomic E-state index is 12.3. The van der Waals surface area contributed by atoms with Gasteiger partial charge < -0.3 is 15.5 Å². The molecule has 0 aliphatic carbocycles. The highest BCUT2D eigenvalue weighted by molar-refractivity contribution is 6.36. The van der Waals surface area contributed by atoms with Crippen molar-refractivity contribution >= 4 is 40.8 Å². The third-order valence-corrected chi connectivity index (χ3v) is 4.77. The number of amides is 3. The molecule has 0 radical (unpaired) electrons. The lowest BCUT2D eigenvalue weighted by Crippen LogP contribution is -2.52. The fourth-order valence-electron chi connectivity index (χ4n) is 2.52. The lowest BCUT2D eigenvalue weighted by atomic mass is 10.2. The van der Waals surface area contributed by atoms with Crippen molar-refractivity contribution in [3.05, 3.63) is 28.2 Å². The number of nitrogens with zero attached hydrogens (tertiary/aromatic N) is 2. The number of carbonyl (C=O) groups excluding carboxylic acids is 2. The maximum absolute atomic E-state index is 12.3. The van der Waals surface area contributed by atoms with E-state index in [-0.39, 0.29) is 18.0 Å². The molecule has 1 fully saturated rings. The molecule has 8 heteroatoms. The van der Waals surface area contributed by atoms with E-state index in [1.165, 1.54) is 0 Å². The van der Waals surface area contributed by atoms with Crippen molar-refractivity contribution in [2.24, 2.45) is 0 Å². The number of halogens is 2. The number of piperazine rings is 1. The Labute approximate surface area is 158 Å². The van der Waals surface area contributed by atoms with Gasteiger partial charge in [0, 0.05) is 37.2 Å². The summed E-state index contributed by atoms with van der Waals surface area (Å²) in [4.78, 5) is 28.0. The van der Waals surface area contributed by atoms with Crippen LogP contribution in [-0.4, -0.2) is 60.5 Å². The van der Waals surface area contributed by atoms with Crippen LogP contribution in [0.1, 0.15) is 20.3 Å². The molecule has 0 bridgehead atoms. The Morgan fingerprint density at radius 3 is 2.48 bits per heavy atom. The molecule has 0 spiro atoms. The summed E-state index contributed by atoms with van der Waals surface area (Å²) in [7, 11) is 0. The van der Waals surface area contributed by atoms with E-state index in [0.29, 0.717) is 48.5 Å². The molecule has 2 rings (SSSR count). The monoisotopic (exact) mass is 386 g/mol. The van der Waals surface area contributed by atoms with Gasteiger partial charge in [-0.15, -0.1) is 0 Å². The molecular formula is C17H24Cl2N4O2. The first-order valence-corrected chi connectivity index (χ1v) is 9.17. The Morgan fingerprint density at radius 2 is 1.88 bits per heavy atom. The fourth-order valence-corrected chi connectivity index (χ4v) is 2.98. The molecule has 1 saturated heterocycles. The zero-order chi connectivity index (χ0) is 18.4. The van der Waals surface area contributed by atoms with Crippen molar-refractivity contribution < 1.29 is 9.59 Å². The molecule has 6 nitrogen and oxygen atoms in total. The van der Waals surface area contributed by atoms with E-state index in [1.54, 1.807) is 23.1 Å². The van der Waals surface area contributed by atoms with E-state index in [1.807, 2.05) is 13.8 Å². The van der Waals surface area contributed by atoms with Crippen molar-refractivity contribution in [2.45, 2.75) is 26.3 Å². The Hall–Kier alpha value is -1.50. The predicted molar refractivity (Wildman–Crippen MR) is 101 cm³/mol. The number of hydrogen-bond donors (Lipinski definition) is 2. The van der Waals surface area contributed by atoms with Crippen LogP contribution in [0.15, 0.2) is 18.2 Å². The van der Waals surface area contributed by atoms with Crippen molar-refractivity contribution in [1.29, 1.82) is 0 Å². The van der Waals surface area contributed by atoms with Crippen LogP contribution in [0.25, 0.3) is 0 Å². The molecule has 1 aliphatic heterocycles. The third kappa shape index (κ3) is 6.06. The third-order valence-electron chi connectivity index (χ3n) is 4.22. The highest BCUT2D eigenvalue weighted by Gasteiger charge is 2.23. The summed E-state index contributed by atoms with van der Waals surface area (Å²) < 4.78 is 0. The quantitative estimate of drug-likeness (QED) is 0.816. The summed E-state index contributed by atoms with van der Waals surface area (Å²) in [5.74, 6) is 0.0280. The molecule has 1 heterocycles. The summed E-state index contributed by atoms with van der Waals surface area (Å²) in [5.41, 5.74) is 0.534. The molecule has 0 aromatic heterocycles. The lowest BCUT2D eigenvalue weighted by Gasteiger charge is -2.34. The second-order valence-electron chi connectivity index (χ2n) is 6.19. The number of carbonyl (C=O) groups is 2. The van der Waals surface area contributed by atoms with Crippen LogP contribution in [0.5, 0.6) is 0 Å². The van der Waals surface area contributed by atoms with Crippen molar-refractivity contribution in [3.63, 3.8) is 0 Å². The molecule has 1 unspecified atom stereocenters. The first-order valence-electron chi connectivity index (χ1n) is 8.41. The van der Waals surface area contributed by atoms with Gasteiger partial charge in [-0.25, -0.2) is 4.79 Å². The number of hydrogen-bond acceptors (Lipinski definition) is 3. The van der Waals surface area contributed by atoms with Gasteiger partial charge in [0.1, 0.15) is 0 Å². The molecule has 25 heavy (non-hydrogen) atoms. The molecule has 1 aromatic rings. The Balaban J connectivity index is 1.79. The van der Waals surface area contributed by atoms with Gasteiger partial charge in [0.2, 0.25) is 5.91 Å². The van der Waals surface area contributed by atoms with Gasteiger partial charge in [-0.1, -0.05) is 30.1 Å². The van der Waals surface area contributed by atoms with Crippen LogP contribution in [0.3, 0.4) is 0 Å². The molecule has 3 amide bonds. The van der Waals surface area contributed by atoms with Crippen molar-refractivity contribution in [3.8, 4) is 0 Å². The highest BCUT2D eigenvalue weighted by Crippen LogP contribution is 2.25. The lowest BCUT2D eigenvalue weighted by molar-refractivity contribution is -0.123. The number of urea groups is 1. The zero-order valence-corrected chi connectivity index (χ0v) is 16.0. The summed E-state index contributed by atoms with van der Waals surface area (Å²) in [6.07, 6.45) is 0.910. The molecule has 0 saturated carbocycles. The van der Waals surface area contributed by atoms with Gasteiger partial charge in [-0.05, 0) is 31.5 Å². The van der Waals surface area contributed by atoms with Crippen LogP contribution in [-0.2, 0) is 4.79 Å². The second kappa shape index (κ2) is 9.27. The van der Waals surface area contributed by atoms with Gasteiger partial charge in [0.05, 0.1) is 17.3 Å². The zero-order valence-electron chi connectivity index (χ0n) is 14.5. The summed E-state index contributed by atoms with van der Waals surface area (Å²) in [5, 5.41) is 6.67. The SMILES string of the molecule is CCC(C)NC(=O)CN1CCN(C(=O)Nc2ccc(Cl)cc2Cl)CC1. The Bertz CT molecular complexity index is 619. The van der Waals surface area contributed by atoms with E-state index >= 15 is 0 Å². The Kier molecular flexibility index (Phi) is 7.35. The van der Waals surface area contributed by atoms with Crippen molar-refractivity contribution in [1.82, 2.24) is 15.1 Å². The van der Waals surface area contributed by atoms with Crippen LogP contribution >= 0.6 is 23.2 Å². The van der Waals surface area contributed by atoms with E-state index in [4.69, 9.17) is 23.2 Å². The van der Waals surface area contributed by atoms with Crippen molar-refractivity contribution in [2.75, 3.05) is 38.0 Å². The molecule has 1 aromatic carbocycles.